The van der Waals surface area contributed by atoms with Gasteiger partial charge in [0.25, 0.3) is 0 Å². The van der Waals surface area contributed by atoms with Crippen LogP contribution in [0.15, 0.2) is 18.3 Å². The molecule has 1 saturated carbocycles. The number of rotatable bonds is 4. The van der Waals surface area contributed by atoms with Crippen LogP contribution in [0.4, 0.5) is 11.5 Å². The van der Waals surface area contributed by atoms with E-state index in [-0.39, 0.29) is 12.5 Å². The minimum atomic E-state index is -0.221. The lowest BCUT2D eigenvalue weighted by Crippen LogP contribution is -2.33. The number of nitrogens with one attached hydrogen (secondary N) is 1. The maximum atomic E-state index is 11.2. The molecule has 1 fully saturated rings. The van der Waals surface area contributed by atoms with Crippen LogP contribution in [0, 0.1) is 0 Å². The number of anilines is 2. The fraction of sp³-hybridized carbons (Fsp3) is 0.571. The van der Waals surface area contributed by atoms with Crippen molar-refractivity contribution < 1.29 is 4.79 Å². The first kappa shape index (κ1) is 13.8. The second-order valence-corrected chi connectivity index (χ2v) is 5.06. The van der Waals surface area contributed by atoms with E-state index < -0.39 is 0 Å². The quantitative estimate of drug-likeness (QED) is 0.867. The summed E-state index contributed by atoms with van der Waals surface area (Å²) in [6.07, 6.45) is 8.29. The van der Waals surface area contributed by atoms with Crippen LogP contribution in [0.2, 0.25) is 0 Å². The van der Waals surface area contributed by atoms with Gasteiger partial charge in [-0.1, -0.05) is 19.3 Å². The van der Waals surface area contributed by atoms with Crippen LogP contribution in [0.25, 0.3) is 0 Å². The standard InChI is InChI=1S/C14H22N4O/c1-18(11-5-3-2-4-6-11)12-7-8-13(16-10-12)17-14(19)9-15/h7-8,10-11H,2-6,9,15H2,1H3,(H,16,17,19). The third-order valence-electron chi connectivity index (χ3n) is 3.73. The normalized spacial score (nSPS) is 16.1. The molecule has 2 rings (SSSR count). The van der Waals surface area contributed by atoms with Crippen molar-refractivity contribution in [3.63, 3.8) is 0 Å². The van der Waals surface area contributed by atoms with Crippen LogP contribution in [0.1, 0.15) is 32.1 Å². The van der Waals surface area contributed by atoms with E-state index in [1.165, 1.54) is 32.1 Å². The Balaban J connectivity index is 1.98. The number of nitrogens with zero attached hydrogens (tertiary/aromatic N) is 2. The molecule has 0 saturated heterocycles. The van der Waals surface area contributed by atoms with Crippen LogP contribution in [0.3, 0.4) is 0 Å². The molecule has 0 spiro atoms. The number of carbonyl (C=O) groups excluding carboxylic acids is 1. The first-order valence-electron chi connectivity index (χ1n) is 6.89. The first-order valence-corrected chi connectivity index (χ1v) is 6.89. The van der Waals surface area contributed by atoms with Crippen LogP contribution in [-0.2, 0) is 4.79 Å². The summed E-state index contributed by atoms with van der Waals surface area (Å²) in [5.74, 6) is 0.331. The monoisotopic (exact) mass is 262 g/mol. The molecule has 0 atom stereocenters. The highest BCUT2D eigenvalue weighted by atomic mass is 16.1. The van der Waals surface area contributed by atoms with Crippen molar-refractivity contribution >= 4 is 17.4 Å². The summed E-state index contributed by atoms with van der Waals surface area (Å²) in [5, 5.41) is 2.64. The second kappa shape index (κ2) is 6.52. The van der Waals surface area contributed by atoms with Gasteiger partial charge in [-0.15, -0.1) is 0 Å². The lowest BCUT2D eigenvalue weighted by Gasteiger charge is -2.32. The summed E-state index contributed by atoms with van der Waals surface area (Å²) in [7, 11) is 2.12. The van der Waals surface area contributed by atoms with Crippen molar-refractivity contribution in [3.8, 4) is 0 Å². The lowest BCUT2D eigenvalue weighted by atomic mass is 9.94. The third kappa shape index (κ3) is 3.67. The van der Waals surface area contributed by atoms with Gasteiger partial charge in [-0.2, -0.15) is 0 Å². The van der Waals surface area contributed by atoms with Crippen molar-refractivity contribution in [2.24, 2.45) is 5.73 Å². The van der Waals surface area contributed by atoms with Crippen molar-refractivity contribution in [2.75, 3.05) is 23.8 Å². The Labute approximate surface area is 114 Å². The van der Waals surface area contributed by atoms with E-state index in [2.05, 4.69) is 22.2 Å². The van der Waals surface area contributed by atoms with E-state index in [1.54, 1.807) is 6.20 Å². The van der Waals surface area contributed by atoms with Crippen LogP contribution in [-0.4, -0.2) is 30.5 Å². The average molecular weight is 262 g/mol. The Bertz CT molecular complexity index is 412. The average Bonchev–Trinajstić information content (AvgIpc) is 2.48. The molecule has 0 radical (unpaired) electrons. The molecule has 3 N–H and O–H groups in total. The lowest BCUT2D eigenvalue weighted by molar-refractivity contribution is -0.114. The molecule has 0 aromatic carbocycles. The molecule has 5 heteroatoms. The highest BCUT2D eigenvalue weighted by Crippen LogP contribution is 2.25. The topological polar surface area (TPSA) is 71.2 Å². The Hall–Kier alpha value is -1.62. The van der Waals surface area contributed by atoms with Gasteiger partial charge in [-0.3, -0.25) is 4.79 Å². The van der Waals surface area contributed by atoms with Crippen LogP contribution >= 0.6 is 0 Å². The largest absolute Gasteiger partial charge is 0.370 e. The molecule has 104 valence electrons. The van der Waals surface area contributed by atoms with Gasteiger partial charge >= 0.3 is 0 Å². The van der Waals surface area contributed by atoms with Gasteiger partial charge < -0.3 is 16.0 Å². The number of aromatic nitrogens is 1. The molecule has 1 aliphatic rings. The molecule has 0 unspecified atom stereocenters. The predicted octanol–water partition coefficient (Wildman–Crippen LogP) is 1.75. The summed E-state index contributed by atoms with van der Waals surface area (Å²) < 4.78 is 0. The fourth-order valence-electron chi connectivity index (χ4n) is 2.54. The zero-order chi connectivity index (χ0) is 13.7. The summed E-state index contributed by atoms with van der Waals surface area (Å²) in [5.41, 5.74) is 6.34. The molecule has 0 aliphatic heterocycles. The summed E-state index contributed by atoms with van der Waals surface area (Å²) in [6.45, 7) is -0.0224. The first-order chi connectivity index (χ1) is 9.20. The molecular weight excluding hydrogens is 240 g/mol. The fourth-order valence-corrected chi connectivity index (χ4v) is 2.54. The van der Waals surface area contributed by atoms with Gasteiger partial charge in [-0.05, 0) is 25.0 Å². The van der Waals surface area contributed by atoms with Gasteiger partial charge in [0, 0.05) is 13.1 Å². The predicted molar refractivity (Wildman–Crippen MR) is 77.2 cm³/mol. The summed E-state index contributed by atoms with van der Waals surface area (Å²) >= 11 is 0. The molecule has 1 amide bonds. The number of nitrogens with two attached hydrogens (primary N) is 1. The van der Waals surface area contributed by atoms with E-state index in [9.17, 15) is 4.79 Å². The molecule has 19 heavy (non-hydrogen) atoms. The molecule has 1 aliphatic carbocycles. The maximum absolute atomic E-state index is 11.2. The summed E-state index contributed by atoms with van der Waals surface area (Å²) in [4.78, 5) is 17.7. The van der Waals surface area contributed by atoms with Crippen molar-refractivity contribution in [1.82, 2.24) is 4.98 Å². The molecule has 1 heterocycles. The Morgan fingerprint density at radius 2 is 2.16 bits per heavy atom. The highest BCUT2D eigenvalue weighted by molar-refractivity contribution is 5.91. The minimum Gasteiger partial charge on any atom is -0.370 e. The number of hydrogen-bond donors (Lipinski definition) is 2. The Morgan fingerprint density at radius 1 is 1.42 bits per heavy atom. The van der Waals surface area contributed by atoms with Crippen LogP contribution in [0.5, 0.6) is 0 Å². The van der Waals surface area contributed by atoms with Gasteiger partial charge in [-0.25, -0.2) is 4.98 Å². The molecular formula is C14H22N4O. The zero-order valence-electron chi connectivity index (χ0n) is 11.4. The van der Waals surface area contributed by atoms with Gasteiger partial charge in [0.15, 0.2) is 0 Å². The van der Waals surface area contributed by atoms with E-state index in [0.717, 1.165) is 5.69 Å². The van der Waals surface area contributed by atoms with Gasteiger partial charge in [0.05, 0.1) is 18.4 Å². The molecule has 1 aromatic heterocycles. The number of pyridine rings is 1. The van der Waals surface area contributed by atoms with Gasteiger partial charge in [0.2, 0.25) is 5.91 Å². The Morgan fingerprint density at radius 3 is 2.74 bits per heavy atom. The number of hydrogen-bond acceptors (Lipinski definition) is 4. The smallest absolute Gasteiger partial charge is 0.239 e. The SMILES string of the molecule is CN(c1ccc(NC(=O)CN)nc1)C1CCCCC1. The summed E-state index contributed by atoms with van der Waals surface area (Å²) in [6, 6.07) is 4.43. The molecule has 1 aromatic rings. The second-order valence-electron chi connectivity index (χ2n) is 5.06. The molecule has 5 nitrogen and oxygen atoms in total. The van der Waals surface area contributed by atoms with Gasteiger partial charge in [0.1, 0.15) is 5.82 Å². The zero-order valence-corrected chi connectivity index (χ0v) is 11.4. The van der Waals surface area contributed by atoms with Crippen molar-refractivity contribution in [2.45, 2.75) is 38.1 Å². The molecule has 0 bridgehead atoms. The van der Waals surface area contributed by atoms with E-state index in [0.29, 0.717) is 11.9 Å². The highest BCUT2D eigenvalue weighted by Gasteiger charge is 2.18. The Kier molecular flexibility index (Phi) is 4.74. The van der Waals surface area contributed by atoms with Crippen molar-refractivity contribution in [3.05, 3.63) is 18.3 Å². The third-order valence-corrected chi connectivity index (χ3v) is 3.73. The minimum absolute atomic E-state index is 0.0224. The number of amides is 1. The van der Waals surface area contributed by atoms with E-state index in [4.69, 9.17) is 5.73 Å². The maximum Gasteiger partial charge on any atom is 0.239 e. The van der Waals surface area contributed by atoms with Crippen LogP contribution < -0.4 is 16.0 Å². The van der Waals surface area contributed by atoms with E-state index >= 15 is 0 Å². The van der Waals surface area contributed by atoms with Crippen molar-refractivity contribution in [1.29, 1.82) is 0 Å². The number of carbonyl (C=O) groups is 1. The van der Waals surface area contributed by atoms with E-state index in [1.807, 2.05) is 12.1 Å².